The lowest BCUT2D eigenvalue weighted by Gasteiger charge is -2.29. The van der Waals surface area contributed by atoms with Gasteiger partial charge < -0.3 is 9.64 Å². The zero-order chi connectivity index (χ0) is 21.8. The second-order valence-corrected chi connectivity index (χ2v) is 9.05. The maximum Gasteiger partial charge on any atom is 0.337 e. The Labute approximate surface area is 180 Å². The van der Waals surface area contributed by atoms with E-state index in [1.807, 2.05) is 0 Å². The maximum absolute atomic E-state index is 14.7. The number of halogens is 3. The largest absolute Gasteiger partial charge is 0.465 e. The first-order chi connectivity index (χ1) is 14.3. The quantitative estimate of drug-likeness (QED) is 0.637. The van der Waals surface area contributed by atoms with Crippen LogP contribution in [0.2, 0.25) is 5.02 Å². The zero-order valence-electron chi connectivity index (χ0n) is 16.2. The SMILES string of the molecule is COC(=O)c1ccc(CN(C(=O)C2CCS(=O)CC2)c2ccc(F)c(Cl)c2)c(F)c1. The Morgan fingerprint density at radius 3 is 2.43 bits per heavy atom. The van der Waals surface area contributed by atoms with Crippen molar-refractivity contribution in [2.24, 2.45) is 5.92 Å². The van der Waals surface area contributed by atoms with Gasteiger partial charge in [-0.3, -0.25) is 9.00 Å². The van der Waals surface area contributed by atoms with Crippen molar-refractivity contribution < 1.29 is 27.3 Å². The van der Waals surface area contributed by atoms with Gasteiger partial charge in [-0.1, -0.05) is 17.7 Å². The average molecular weight is 456 g/mol. The molecule has 0 saturated carbocycles. The molecule has 0 radical (unpaired) electrons. The molecule has 0 bridgehead atoms. The fourth-order valence-electron chi connectivity index (χ4n) is 3.30. The Kier molecular flexibility index (Phi) is 7.20. The van der Waals surface area contributed by atoms with Gasteiger partial charge in [-0.15, -0.1) is 0 Å². The monoisotopic (exact) mass is 455 g/mol. The number of carbonyl (C=O) groups excluding carboxylic acids is 2. The molecule has 1 amide bonds. The highest BCUT2D eigenvalue weighted by Crippen LogP contribution is 2.29. The van der Waals surface area contributed by atoms with Crippen LogP contribution in [0, 0.1) is 17.6 Å². The second kappa shape index (κ2) is 9.66. The number of anilines is 1. The molecule has 5 nitrogen and oxygen atoms in total. The van der Waals surface area contributed by atoms with E-state index in [0.29, 0.717) is 30.0 Å². The summed E-state index contributed by atoms with van der Waals surface area (Å²) in [7, 11) is 0.262. The second-order valence-electron chi connectivity index (χ2n) is 6.94. The number of nitrogens with zero attached hydrogens (tertiary/aromatic N) is 1. The fourth-order valence-corrected chi connectivity index (χ4v) is 4.77. The summed E-state index contributed by atoms with van der Waals surface area (Å²) in [5, 5.41) is -0.156. The van der Waals surface area contributed by atoms with Crippen LogP contribution >= 0.6 is 11.6 Å². The standard InChI is InChI=1S/C21H20ClF2NO4S/c1-29-21(27)14-2-3-15(19(24)10-14)12-25(16-4-5-18(23)17(22)11-16)20(26)13-6-8-30(28)9-7-13/h2-5,10-11,13H,6-9,12H2,1H3. The number of amides is 1. The molecule has 2 aromatic carbocycles. The number of esters is 1. The molecule has 0 atom stereocenters. The van der Waals surface area contributed by atoms with Crippen LogP contribution in [0.25, 0.3) is 0 Å². The van der Waals surface area contributed by atoms with E-state index < -0.39 is 28.4 Å². The van der Waals surface area contributed by atoms with Crippen LogP contribution in [0.15, 0.2) is 36.4 Å². The first-order valence-corrected chi connectivity index (χ1v) is 11.1. The molecule has 9 heteroatoms. The average Bonchev–Trinajstić information content (AvgIpc) is 2.74. The van der Waals surface area contributed by atoms with Gasteiger partial charge in [-0.05, 0) is 43.2 Å². The van der Waals surface area contributed by atoms with Crippen molar-refractivity contribution in [3.63, 3.8) is 0 Å². The summed E-state index contributed by atoms with van der Waals surface area (Å²) in [5.74, 6) is -1.76. The maximum atomic E-state index is 14.7. The molecule has 1 aliphatic rings. The molecule has 1 fully saturated rings. The number of benzene rings is 2. The highest BCUT2D eigenvalue weighted by Gasteiger charge is 2.30. The number of carbonyl (C=O) groups is 2. The summed E-state index contributed by atoms with van der Waals surface area (Å²) in [6.45, 7) is -0.131. The summed E-state index contributed by atoms with van der Waals surface area (Å²) in [4.78, 5) is 26.2. The molecule has 30 heavy (non-hydrogen) atoms. The first kappa shape index (κ1) is 22.4. The van der Waals surface area contributed by atoms with Crippen LogP contribution in [0.5, 0.6) is 0 Å². The number of methoxy groups -OCH3 is 1. The van der Waals surface area contributed by atoms with Gasteiger partial charge in [0.25, 0.3) is 0 Å². The number of hydrogen-bond acceptors (Lipinski definition) is 4. The van der Waals surface area contributed by atoms with Crippen molar-refractivity contribution in [2.45, 2.75) is 19.4 Å². The van der Waals surface area contributed by atoms with E-state index in [0.717, 1.165) is 12.1 Å². The molecule has 1 aliphatic heterocycles. The first-order valence-electron chi connectivity index (χ1n) is 9.28. The summed E-state index contributed by atoms with van der Waals surface area (Å²) < 4.78 is 44.5. The molecule has 1 saturated heterocycles. The highest BCUT2D eigenvalue weighted by molar-refractivity contribution is 7.85. The Balaban J connectivity index is 1.93. The Morgan fingerprint density at radius 1 is 1.13 bits per heavy atom. The smallest absolute Gasteiger partial charge is 0.337 e. The third kappa shape index (κ3) is 5.05. The van der Waals surface area contributed by atoms with Gasteiger partial charge >= 0.3 is 5.97 Å². The third-order valence-corrected chi connectivity index (χ3v) is 6.69. The normalized spacial score (nSPS) is 18.7. The van der Waals surface area contributed by atoms with E-state index in [-0.39, 0.29) is 34.5 Å². The lowest BCUT2D eigenvalue weighted by atomic mass is 10.00. The molecule has 0 N–H and O–H groups in total. The molecular formula is C21H20ClF2NO4S. The van der Waals surface area contributed by atoms with Crippen molar-refractivity contribution in [1.29, 1.82) is 0 Å². The minimum absolute atomic E-state index is 0.0520. The number of ether oxygens (including phenoxy) is 1. The molecule has 1 heterocycles. The third-order valence-electron chi connectivity index (χ3n) is 5.02. The van der Waals surface area contributed by atoms with Crippen LogP contribution in [0.4, 0.5) is 14.5 Å². The summed E-state index contributed by atoms with van der Waals surface area (Å²) in [6.07, 6.45) is 0.918. The molecule has 2 aromatic rings. The van der Waals surface area contributed by atoms with E-state index in [9.17, 15) is 22.6 Å². The summed E-state index contributed by atoms with van der Waals surface area (Å²) in [5.41, 5.74) is 0.557. The van der Waals surface area contributed by atoms with Crippen molar-refractivity contribution in [2.75, 3.05) is 23.5 Å². The van der Waals surface area contributed by atoms with Gasteiger partial charge in [0.2, 0.25) is 5.91 Å². The lowest BCUT2D eigenvalue weighted by Crippen LogP contribution is -2.39. The molecule has 0 unspecified atom stereocenters. The summed E-state index contributed by atoms with van der Waals surface area (Å²) >= 11 is 5.89. The molecular weight excluding hydrogens is 436 g/mol. The Bertz CT molecular complexity index is 991. The van der Waals surface area contributed by atoms with E-state index in [1.54, 1.807) is 0 Å². The van der Waals surface area contributed by atoms with Gasteiger partial charge in [-0.25, -0.2) is 13.6 Å². The van der Waals surface area contributed by atoms with Gasteiger partial charge in [0.15, 0.2) is 0 Å². The van der Waals surface area contributed by atoms with Crippen molar-refractivity contribution in [3.05, 3.63) is 64.2 Å². The van der Waals surface area contributed by atoms with E-state index in [4.69, 9.17) is 11.6 Å². The Hall–Kier alpha value is -2.32. The molecule has 3 rings (SSSR count). The van der Waals surface area contributed by atoms with Crippen molar-refractivity contribution >= 4 is 40.0 Å². The van der Waals surface area contributed by atoms with E-state index in [2.05, 4.69) is 4.74 Å². The zero-order valence-corrected chi connectivity index (χ0v) is 17.8. The van der Waals surface area contributed by atoms with Crippen LogP contribution in [-0.4, -0.2) is 34.7 Å². The highest BCUT2D eigenvalue weighted by atomic mass is 35.5. The van der Waals surface area contributed by atoms with Gasteiger partial charge in [-0.2, -0.15) is 0 Å². The van der Waals surface area contributed by atoms with E-state index in [1.165, 1.54) is 36.3 Å². The van der Waals surface area contributed by atoms with Crippen LogP contribution in [0.1, 0.15) is 28.8 Å². The van der Waals surface area contributed by atoms with Crippen LogP contribution < -0.4 is 4.90 Å². The molecule has 0 aliphatic carbocycles. The van der Waals surface area contributed by atoms with Gasteiger partial charge in [0.1, 0.15) is 11.6 Å². The van der Waals surface area contributed by atoms with Crippen LogP contribution in [0.3, 0.4) is 0 Å². The predicted octanol–water partition coefficient (Wildman–Crippen LogP) is 4.10. The number of hydrogen-bond donors (Lipinski definition) is 0. The van der Waals surface area contributed by atoms with Crippen molar-refractivity contribution in [1.82, 2.24) is 0 Å². The van der Waals surface area contributed by atoms with Crippen molar-refractivity contribution in [3.8, 4) is 0 Å². The minimum Gasteiger partial charge on any atom is -0.465 e. The molecule has 0 aromatic heterocycles. The lowest BCUT2D eigenvalue weighted by molar-refractivity contribution is -0.122. The van der Waals surface area contributed by atoms with E-state index >= 15 is 0 Å². The molecule has 160 valence electrons. The minimum atomic E-state index is -0.937. The summed E-state index contributed by atoms with van der Waals surface area (Å²) in [6, 6.07) is 7.73. The topological polar surface area (TPSA) is 63.7 Å². The van der Waals surface area contributed by atoms with Gasteiger partial charge in [0.05, 0.1) is 24.2 Å². The predicted molar refractivity (Wildman–Crippen MR) is 111 cm³/mol. The fraction of sp³-hybridized carbons (Fsp3) is 0.333. The Morgan fingerprint density at radius 2 is 1.83 bits per heavy atom. The van der Waals surface area contributed by atoms with Crippen LogP contribution in [-0.2, 0) is 26.9 Å². The number of rotatable bonds is 5. The van der Waals surface area contributed by atoms with Gasteiger partial charge in [0, 0.05) is 39.5 Å². The molecule has 0 spiro atoms.